The Labute approximate surface area is 124 Å². The highest BCUT2D eigenvalue weighted by Crippen LogP contribution is 2.28. The third-order valence-electron chi connectivity index (χ3n) is 4.15. The first-order chi connectivity index (χ1) is 10.1. The molecule has 4 nitrogen and oxygen atoms in total. The van der Waals surface area contributed by atoms with Gasteiger partial charge in [0, 0.05) is 30.8 Å². The first-order valence-corrected chi connectivity index (χ1v) is 7.65. The van der Waals surface area contributed by atoms with Crippen LogP contribution in [0.1, 0.15) is 43.4 Å². The first kappa shape index (κ1) is 14.1. The van der Waals surface area contributed by atoms with Crippen LogP contribution in [0.4, 0.5) is 5.88 Å². The van der Waals surface area contributed by atoms with Crippen LogP contribution in [0.25, 0.3) is 11.0 Å². The summed E-state index contributed by atoms with van der Waals surface area (Å²) in [6.07, 6.45) is 3.55. The first-order valence-electron chi connectivity index (χ1n) is 7.65. The van der Waals surface area contributed by atoms with E-state index in [1.165, 1.54) is 6.42 Å². The predicted octanol–water partition coefficient (Wildman–Crippen LogP) is 3.11. The summed E-state index contributed by atoms with van der Waals surface area (Å²) in [5, 5.41) is 0.628. The van der Waals surface area contributed by atoms with Crippen LogP contribution in [0.2, 0.25) is 0 Å². The van der Waals surface area contributed by atoms with Gasteiger partial charge < -0.3 is 15.1 Å². The van der Waals surface area contributed by atoms with E-state index in [1.54, 1.807) is 6.07 Å². The van der Waals surface area contributed by atoms with E-state index < -0.39 is 0 Å². The molecule has 1 atom stereocenters. The molecule has 0 saturated carbocycles. The number of rotatable bonds is 2. The van der Waals surface area contributed by atoms with Gasteiger partial charge in [-0.05, 0) is 44.7 Å². The van der Waals surface area contributed by atoms with Crippen LogP contribution in [0, 0.1) is 6.92 Å². The second-order valence-corrected chi connectivity index (χ2v) is 6.02. The quantitative estimate of drug-likeness (QED) is 0.921. The molecule has 4 heteroatoms. The van der Waals surface area contributed by atoms with Crippen molar-refractivity contribution in [3.05, 3.63) is 39.5 Å². The van der Waals surface area contributed by atoms with Crippen molar-refractivity contribution >= 4 is 16.9 Å². The molecule has 21 heavy (non-hydrogen) atoms. The van der Waals surface area contributed by atoms with Crippen LogP contribution < -0.4 is 16.1 Å². The van der Waals surface area contributed by atoms with Gasteiger partial charge in [-0.3, -0.25) is 4.79 Å². The Morgan fingerprint density at radius 1 is 1.19 bits per heavy atom. The molecule has 0 amide bonds. The van der Waals surface area contributed by atoms with Crippen LogP contribution in [0.3, 0.4) is 0 Å². The lowest BCUT2D eigenvalue weighted by atomic mass is 10.0. The van der Waals surface area contributed by atoms with Crippen LogP contribution >= 0.6 is 0 Å². The van der Waals surface area contributed by atoms with Gasteiger partial charge in [0.15, 0.2) is 11.3 Å². The zero-order chi connectivity index (χ0) is 15.0. The number of hydrogen-bond donors (Lipinski definition) is 1. The van der Waals surface area contributed by atoms with Crippen LogP contribution in [0.5, 0.6) is 0 Å². The van der Waals surface area contributed by atoms with E-state index in [4.69, 9.17) is 10.2 Å². The third kappa shape index (κ3) is 2.68. The summed E-state index contributed by atoms with van der Waals surface area (Å²) in [5.41, 5.74) is 8.65. The zero-order valence-electron chi connectivity index (χ0n) is 12.7. The highest BCUT2D eigenvalue weighted by atomic mass is 16.4. The van der Waals surface area contributed by atoms with E-state index in [1.807, 2.05) is 26.0 Å². The molecular weight excluding hydrogens is 264 g/mol. The lowest BCUT2D eigenvalue weighted by molar-refractivity contribution is 0.510. The average Bonchev–Trinajstić information content (AvgIpc) is 2.48. The van der Waals surface area contributed by atoms with Gasteiger partial charge in [-0.15, -0.1) is 0 Å². The molecule has 0 spiro atoms. The van der Waals surface area contributed by atoms with Crippen molar-refractivity contribution in [2.45, 2.75) is 39.2 Å². The van der Waals surface area contributed by atoms with Crippen LogP contribution in [-0.4, -0.2) is 13.1 Å². The van der Waals surface area contributed by atoms with Crippen molar-refractivity contribution in [3.8, 4) is 0 Å². The smallest absolute Gasteiger partial charge is 0.199 e. The van der Waals surface area contributed by atoms with Crippen molar-refractivity contribution < 1.29 is 4.42 Å². The lowest BCUT2D eigenvalue weighted by Crippen LogP contribution is -2.30. The molecule has 3 rings (SSSR count). The summed E-state index contributed by atoms with van der Waals surface area (Å²) < 4.78 is 6.08. The molecule has 1 aliphatic heterocycles. The van der Waals surface area contributed by atoms with E-state index in [2.05, 4.69) is 4.90 Å². The van der Waals surface area contributed by atoms with Gasteiger partial charge in [0.05, 0.1) is 5.39 Å². The summed E-state index contributed by atoms with van der Waals surface area (Å²) >= 11 is 0. The summed E-state index contributed by atoms with van der Waals surface area (Å²) in [4.78, 5) is 14.6. The van der Waals surface area contributed by atoms with Crippen LogP contribution in [-0.2, 0) is 0 Å². The summed E-state index contributed by atoms with van der Waals surface area (Å²) in [5.74, 6) is 0.679. The van der Waals surface area contributed by atoms with Crippen molar-refractivity contribution in [2.75, 3.05) is 18.0 Å². The van der Waals surface area contributed by atoms with Gasteiger partial charge in [-0.25, -0.2) is 0 Å². The third-order valence-corrected chi connectivity index (χ3v) is 4.15. The van der Waals surface area contributed by atoms with E-state index in [0.29, 0.717) is 16.9 Å². The normalized spacial score (nSPS) is 17.2. The monoisotopic (exact) mass is 286 g/mol. The lowest BCUT2D eigenvalue weighted by Gasteiger charge is -2.27. The molecule has 1 fully saturated rings. The fraction of sp³-hybridized carbons (Fsp3) is 0.471. The number of nitrogens with two attached hydrogens (primary N) is 1. The molecule has 1 aliphatic rings. The molecular formula is C17H22N2O2. The van der Waals surface area contributed by atoms with Gasteiger partial charge in [-0.2, -0.15) is 0 Å². The molecule has 0 bridgehead atoms. The van der Waals surface area contributed by atoms with E-state index >= 15 is 0 Å². The minimum Gasteiger partial charge on any atom is -0.440 e. The van der Waals surface area contributed by atoms with E-state index in [0.717, 1.165) is 37.1 Å². The second kappa shape index (κ2) is 5.53. The van der Waals surface area contributed by atoms with Crippen molar-refractivity contribution in [1.82, 2.24) is 0 Å². The SMILES string of the molecule is Cc1cc(C(C)N)c2oc(N3CCCCC3)cc(=O)c2c1. The zero-order valence-corrected chi connectivity index (χ0v) is 12.7. The predicted molar refractivity (Wildman–Crippen MR) is 85.9 cm³/mol. The highest BCUT2D eigenvalue weighted by molar-refractivity contribution is 5.82. The summed E-state index contributed by atoms with van der Waals surface area (Å²) in [6, 6.07) is 5.35. The number of piperidine rings is 1. The van der Waals surface area contributed by atoms with Crippen molar-refractivity contribution in [2.24, 2.45) is 5.73 Å². The molecule has 112 valence electrons. The minimum atomic E-state index is -0.160. The Hall–Kier alpha value is -1.81. The Morgan fingerprint density at radius 2 is 1.90 bits per heavy atom. The molecule has 0 aliphatic carbocycles. The van der Waals surface area contributed by atoms with Gasteiger partial charge >= 0.3 is 0 Å². The number of anilines is 1. The summed E-state index contributed by atoms with van der Waals surface area (Å²) in [6.45, 7) is 5.80. The Bertz CT molecular complexity index is 713. The molecule has 2 N–H and O–H groups in total. The van der Waals surface area contributed by atoms with E-state index in [-0.39, 0.29) is 11.5 Å². The number of aryl methyl sites for hydroxylation is 1. The number of fused-ring (bicyclic) bond motifs is 1. The maximum atomic E-state index is 12.4. The average molecular weight is 286 g/mol. The van der Waals surface area contributed by atoms with Gasteiger partial charge in [0.2, 0.25) is 0 Å². The maximum Gasteiger partial charge on any atom is 0.199 e. The maximum absolute atomic E-state index is 12.4. The number of hydrogen-bond acceptors (Lipinski definition) is 4. The topological polar surface area (TPSA) is 59.5 Å². The molecule has 1 aromatic heterocycles. The molecule has 2 aromatic rings. The molecule has 1 saturated heterocycles. The number of nitrogens with zero attached hydrogens (tertiary/aromatic N) is 1. The van der Waals surface area contributed by atoms with Crippen molar-refractivity contribution in [3.63, 3.8) is 0 Å². The Morgan fingerprint density at radius 3 is 2.57 bits per heavy atom. The highest BCUT2D eigenvalue weighted by Gasteiger charge is 2.17. The molecule has 0 radical (unpaired) electrons. The molecule has 2 heterocycles. The van der Waals surface area contributed by atoms with Gasteiger partial charge in [0.25, 0.3) is 0 Å². The summed E-state index contributed by atoms with van der Waals surface area (Å²) in [7, 11) is 0. The Balaban J connectivity index is 2.19. The van der Waals surface area contributed by atoms with Crippen molar-refractivity contribution in [1.29, 1.82) is 0 Å². The Kier molecular flexibility index (Phi) is 3.72. The number of benzene rings is 1. The van der Waals surface area contributed by atoms with Crippen LogP contribution in [0.15, 0.2) is 27.4 Å². The fourth-order valence-corrected chi connectivity index (χ4v) is 3.03. The largest absolute Gasteiger partial charge is 0.440 e. The van der Waals surface area contributed by atoms with Gasteiger partial charge in [-0.1, -0.05) is 6.07 Å². The molecule has 1 aromatic carbocycles. The fourth-order valence-electron chi connectivity index (χ4n) is 3.03. The van der Waals surface area contributed by atoms with E-state index in [9.17, 15) is 4.79 Å². The minimum absolute atomic E-state index is 0.0161. The molecule has 1 unspecified atom stereocenters. The van der Waals surface area contributed by atoms with Gasteiger partial charge in [0.1, 0.15) is 5.58 Å². The standard InChI is InChI=1S/C17H22N2O2/c1-11-8-13(12(2)18)17-14(9-11)15(20)10-16(21-17)19-6-4-3-5-7-19/h8-10,12H,3-7,18H2,1-2H3. The second-order valence-electron chi connectivity index (χ2n) is 6.02.